The van der Waals surface area contributed by atoms with Gasteiger partial charge in [0.15, 0.2) is 9.84 Å². The van der Waals surface area contributed by atoms with Crippen LogP contribution in [0.25, 0.3) is 0 Å². The summed E-state index contributed by atoms with van der Waals surface area (Å²) >= 11 is 0. The molecule has 4 nitrogen and oxygen atoms in total. The molecule has 0 saturated carbocycles. The minimum Gasteiger partial charge on any atom is -0.384 e. The maximum absolute atomic E-state index is 11.7. The first-order chi connectivity index (χ1) is 9.00. The summed E-state index contributed by atoms with van der Waals surface area (Å²) in [5, 5.41) is 3.30. The Hall–Kier alpha value is -1.07. The van der Waals surface area contributed by atoms with Crippen molar-refractivity contribution in [1.82, 2.24) is 4.90 Å². The van der Waals surface area contributed by atoms with E-state index in [0.717, 1.165) is 31.9 Å². The zero-order valence-electron chi connectivity index (χ0n) is 11.6. The third kappa shape index (κ3) is 3.70. The third-order valence-electron chi connectivity index (χ3n) is 3.68. The molecule has 1 aromatic carbocycles. The Morgan fingerprint density at radius 1 is 1.37 bits per heavy atom. The average molecular weight is 282 g/mol. The SMILES string of the molecule is CCN1CCC(CNc2ccccc2S(C)(=O)=O)C1. The van der Waals surface area contributed by atoms with Crippen molar-refractivity contribution < 1.29 is 8.42 Å². The predicted octanol–water partition coefficient (Wildman–Crippen LogP) is 1.84. The van der Waals surface area contributed by atoms with Crippen molar-refractivity contribution in [2.24, 2.45) is 5.92 Å². The zero-order valence-corrected chi connectivity index (χ0v) is 12.4. The molecule has 0 spiro atoms. The van der Waals surface area contributed by atoms with E-state index in [4.69, 9.17) is 0 Å². The molecule has 0 aromatic heterocycles. The van der Waals surface area contributed by atoms with Crippen LogP contribution >= 0.6 is 0 Å². The van der Waals surface area contributed by atoms with E-state index >= 15 is 0 Å². The summed E-state index contributed by atoms with van der Waals surface area (Å²) in [7, 11) is -3.17. The van der Waals surface area contributed by atoms with Crippen molar-refractivity contribution in [3.05, 3.63) is 24.3 Å². The molecule has 1 saturated heterocycles. The highest BCUT2D eigenvalue weighted by Gasteiger charge is 2.21. The number of sulfone groups is 1. The summed E-state index contributed by atoms with van der Waals surface area (Å²) in [6.07, 6.45) is 2.43. The molecule has 19 heavy (non-hydrogen) atoms. The van der Waals surface area contributed by atoms with Gasteiger partial charge in [0.2, 0.25) is 0 Å². The van der Waals surface area contributed by atoms with Gasteiger partial charge in [-0.1, -0.05) is 19.1 Å². The van der Waals surface area contributed by atoms with Crippen LogP contribution in [-0.4, -0.2) is 45.8 Å². The van der Waals surface area contributed by atoms with Crippen LogP contribution in [0.2, 0.25) is 0 Å². The van der Waals surface area contributed by atoms with Crippen LogP contribution in [-0.2, 0) is 9.84 Å². The summed E-state index contributed by atoms with van der Waals surface area (Å²) in [5.74, 6) is 0.604. The van der Waals surface area contributed by atoms with Crippen LogP contribution in [0.15, 0.2) is 29.2 Å². The van der Waals surface area contributed by atoms with Gasteiger partial charge in [0.05, 0.1) is 10.6 Å². The lowest BCUT2D eigenvalue weighted by atomic mass is 10.1. The highest BCUT2D eigenvalue weighted by atomic mass is 32.2. The van der Waals surface area contributed by atoms with Crippen LogP contribution in [0.3, 0.4) is 0 Å². The standard InChI is InChI=1S/C14H22N2O2S/c1-3-16-9-8-12(11-16)10-15-13-6-4-5-7-14(13)19(2,17)18/h4-7,12,15H,3,8-11H2,1-2H3. The molecule has 2 rings (SSSR count). The Morgan fingerprint density at radius 3 is 2.74 bits per heavy atom. The molecule has 1 fully saturated rings. The third-order valence-corrected chi connectivity index (χ3v) is 4.84. The maximum atomic E-state index is 11.7. The number of para-hydroxylation sites is 1. The van der Waals surface area contributed by atoms with Gasteiger partial charge in [-0.15, -0.1) is 0 Å². The first kappa shape index (κ1) is 14.3. The second-order valence-corrected chi connectivity index (χ2v) is 7.18. The Morgan fingerprint density at radius 2 is 2.11 bits per heavy atom. The lowest BCUT2D eigenvalue weighted by Gasteiger charge is -2.16. The normalized spacial score (nSPS) is 20.6. The second kappa shape index (κ2) is 5.92. The van der Waals surface area contributed by atoms with Crippen LogP contribution in [0.5, 0.6) is 0 Å². The molecule has 0 amide bonds. The van der Waals surface area contributed by atoms with Gasteiger partial charge >= 0.3 is 0 Å². The smallest absolute Gasteiger partial charge is 0.177 e. The molecular weight excluding hydrogens is 260 g/mol. The van der Waals surface area contributed by atoms with Crippen molar-refractivity contribution in [2.75, 3.05) is 37.8 Å². The van der Waals surface area contributed by atoms with Gasteiger partial charge in [-0.05, 0) is 37.6 Å². The molecule has 0 aliphatic carbocycles. The fourth-order valence-electron chi connectivity index (χ4n) is 2.56. The van der Waals surface area contributed by atoms with Crippen molar-refractivity contribution in [1.29, 1.82) is 0 Å². The number of anilines is 1. The zero-order chi connectivity index (χ0) is 13.9. The van der Waals surface area contributed by atoms with E-state index in [9.17, 15) is 8.42 Å². The highest BCUT2D eigenvalue weighted by molar-refractivity contribution is 7.90. The number of likely N-dealkylation sites (tertiary alicyclic amines) is 1. The Bertz CT molecular complexity index is 528. The largest absolute Gasteiger partial charge is 0.384 e. The quantitative estimate of drug-likeness (QED) is 0.895. The van der Waals surface area contributed by atoms with Crippen LogP contribution in [0.4, 0.5) is 5.69 Å². The van der Waals surface area contributed by atoms with Gasteiger partial charge in [0.25, 0.3) is 0 Å². The Kier molecular flexibility index (Phi) is 4.47. The first-order valence-electron chi connectivity index (χ1n) is 6.76. The number of hydrogen-bond acceptors (Lipinski definition) is 4. The molecule has 5 heteroatoms. The van der Waals surface area contributed by atoms with Gasteiger partial charge < -0.3 is 10.2 Å². The second-order valence-electron chi connectivity index (χ2n) is 5.20. The molecule has 1 aromatic rings. The Labute approximate surface area is 115 Å². The van der Waals surface area contributed by atoms with Crippen molar-refractivity contribution in [2.45, 2.75) is 18.2 Å². The number of rotatable bonds is 5. The van der Waals surface area contributed by atoms with E-state index in [1.807, 2.05) is 12.1 Å². The van der Waals surface area contributed by atoms with Crippen molar-refractivity contribution >= 4 is 15.5 Å². The Balaban J connectivity index is 2.01. The molecule has 1 aliphatic heterocycles. The van der Waals surface area contributed by atoms with E-state index in [-0.39, 0.29) is 0 Å². The van der Waals surface area contributed by atoms with Crippen molar-refractivity contribution in [3.8, 4) is 0 Å². The van der Waals surface area contributed by atoms with E-state index in [0.29, 0.717) is 10.8 Å². The molecule has 0 bridgehead atoms. The molecule has 0 radical (unpaired) electrons. The molecule has 106 valence electrons. The summed E-state index contributed by atoms with van der Waals surface area (Å²) in [5.41, 5.74) is 0.722. The molecule has 1 N–H and O–H groups in total. The monoisotopic (exact) mass is 282 g/mol. The molecule has 1 atom stereocenters. The summed E-state index contributed by atoms with van der Waals surface area (Å²) in [6, 6.07) is 7.12. The van der Waals surface area contributed by atoms with Crippen LogP contribution < -0.4 is 5.32 Å². The summed E-state index contributed by atoms with van der Waals surface area (Å²) in [6.45, 7) is 6.36. The maximum Gasteiger partial charge on any atom is 0.177 e. The van der Waals surface area contributed by atoms with E-state index in [1.165, 1.54) is 12.7 Å². The van der Waals surface area contributed by atoms with E-state index < -0.39 is 9.84 Å². The van der Waals surface area contributed by atoms with Gasteiger partial charge in [-0.3, -0.25) is 0 Å². The van der Waals surface area contributed by atoms with Gasteiger partial charge in [-0.2, -0.15) is 0 Å². The van der Waals surface area contributed by atoms with Crippen LogP contribution in [0.1, 0.15) is 13.3 Å². The lowest BCUT2D eigenvalue weighted by Crippen LogP contribution is -2.22. The topological polar surface area (TPSA) is 49.4 Å². The number of nitrogens with one attached hydrogen (secondary N) is 1. The van der Waals surface area contributed by atoms with Gasteiger partial charge in [-0.25, -0.2) is 8.42 Å². The van der Waals surface area contributed by atoms with Gasteiger partial charge in [0, 0.05) is 19.3 Å². The fourth-order valence-corrected chi connectivity index (χ4v) is 3.42. The van der Waals surface area contributed by atoms with Crippen molar-refractivity contribution in [3.63, 3.8) is 0 Å². The van der Waals surface area contributed by atoms with E-state index in [1.54, 1.807) is 12.1 Å². The van der Waals surface area contributed by atoms with E-state index in [2.05, 4.69) is 17.1 Å². The molecular formula is C14H22N2O2S. The minimum atomic E-state index is -3.17. The number of nitrogens with zero attached hydrogens (tertiary/aromatic N) is 1. The summed E-state index contributed by atoms with van der Waals surface area (Å²) < 4.78 is 23.4. The lowest BCUT2D eigenvalue weighted by molar-refractivity contribution is 0.345. The fraction of sp³-hybridized carbons (Fsp3) is 0.571. The average Bonchev–Trinajstić information content (AvgIpc) is 2.83. The molecule has 1 aliphatic rings. The van der Waals surface area contributed by atoms with Gasteiger partial charge in [0.1, 0.15) is 0 Å². The number of benzene rings is 1. The highest BCUT2D eigenvalue weighted by Crippen LogP contribution is 2.22. The first-order valence-corrected chi connectivity index (χ1v) is 8.65. The predicted molar refractivity (Wildman–Crippen MR) is 78.3 cm³/mol. The minimum absolute atomic E-state index is 0.389. The summed E-state index contributed by atoms with van der Waals surface area (Å²) in [4.78, 5) is 2.81. The molecule has 1 heterocycles. The van der Waals surface area contributed by atoms with Crippen LogP contribution in [0, 0.1) is 5.92 Å². The number of hydrogen-bond donors (Lipinski definition) is 1. The molecule has 1 unspecified atom stereocenters.